The van der Waals surface area contributed by atoms with Gasteiger partial charge in [-0.15, -0.1) is 0 Å². The van der Waals surface area contributed by atoms with Gasteiger partial charge in [0.2, 0.25) is 0 Å². The van der Waals surface area contributed by atoms with Crippen molar-refractivity contribution in [2.75, 3.05) is 12.3 Å². The highest BCUT2D eigenvalue weighted by Gasteiger charge is 2.14. The maximum atomic E-state index is 11.9. The Morgan fingerprint density at radius 2 is 2.00 bits per heavy atom. The van der Waals surface area contributed by atoms with E-state index in [1.165, 1.54) is 0 Å². The Bertz CT molecular complexity index is 629. The van der Waals surface area contributed by atoms with Crippen LogP contribution in [0.25, 0.3) is 0 Å². The van der Waals surface area contributed by atoms with Gasteiger partial charge in [-0.2, -0.15) is 0 Å². The SMILES string of the molecule is CCOC(=O)c1cc(C)cn1Cc1cc(C)ccc1N. The van der Waals surface area contributed by atoms with Crippen molar-refractivity contribution in [2.24, 2.45) is 0 Å². The number of nitrogens with two attached hydrogens (primary N) is 1. The summed E-state index contributed by atoms with van der Waals surface area (Å²) in [5.41, 5.74) is 10.5. The summed E-state index contributed by atoms with van der Waals surface area (Å²) in [6.45, 7) is 6.72. The summed E-state index contributed by atoms with van der Waals surface area (Å²) in [7, 11) is 0. The molecule has 0 aliphatic rings. The van der Waals surface area contributed by atoms with E-state index in [2.05, 4.69) is 0 Å². The number of ether oxygens (including phenoxy) is 1. The van der Waals surface area contributed by atoms with E-state index in [1.807, 2.05) is 48.9 Å². The van der Waals surface area contributed by atoms with Crippen molar-refractivity contribution in [1.82, 2.24) is 4.57 Å². The van der Waals surface area contributed by atoms with Gasteiger partial charge in [-0.25, -0.2) is 4.79 Å². The van der Waals surface area contributed by atoms with Gasteiger partial charge in [0, 0.05) is 18.4 Å². The van der Waals surface area contributed by atoms with Crippen LogP contribution < -0.4 is 5.73 Å². The number of anilines is 1. The van der Waals surface area contributed by atoms with Crippen molar-refractivity contribution in [3.63, 3.8) is 0 Å². The largest absolute Gasteiger partial charge is 0.461 e. The monoisotopic (exact) mass is 272 g/mol. The third-order valence-corrected chi connectivity index (χ3v) is 3.16. The minimum atomic E-state index is -0.299. The van der Waals surface area contributed by atoms with Crippen molar-refractivity contribution in [3.05, 3.63) is 52.8 Å². The van der Waals surface area contributed by atoms with E-state index in [-0.39, 0.29) is 5.97 Å². The lowest BCUT2D eigenvalue weighted by Gasteiger charge is -2.11. The Morgan fingerprint density at radius 3 is 2.70 bits per heavy atom. The molecule has 2 N–H and O–H groups in total. The first kappa shape index (κ1) is 14.2. The molecule has 4 nitrogen and oxygen atoms in total. The maximum absolute atomic E-state index is 11.9. The Hall–Kier alpha value is -2.23. The average Bonchev–Trinajstić information content (AvgIpc) is 2.75. The maximum Gasteiger partial charge on any atom is 0.354 e. The molecule has 0 saturated heterocycles. The lowest BCUT2D eigenvalue weighted by molar-refractivity contribution is 0.0514. The van der Waals surface area contributed by atoms with Crippen molar-refractivity contribution in [1.29, 1.82) is 0 Å². The quantitative estimate of drug-likeness (QED) is 0.687. The first-order valence-electron chi connectivity index (χ1n) is 6.70. The summed E-state index contributed by atoms with van der Waals surface area (Å²) < 4.78 is 6.97. The van der Waals surface area contributed by atoms with Crippen molar-refractivity contribution < 1.29 is 9.53 Å². The van der Waals surface area contributed by atoms with Crippen molar-refractivity contribution in [3.8, 4) is 0 Å². The van der Waals surface area contributed by atoms with Crippen molar-refractivity contribution >= 4 is 11.7 Å². The van der Waals surface area contributed by atoms with Gasteiger partial charge in [0.1, 0.15) is 5.69 Å². The highest BCUT2D eigenvalue weighted by molar-refractivity contribution is 5.88. The van der Waals surface area contributed by atoms with E-state index in [1.54, 1.807) is 6.92 Å². The summed E-state index contributed by atoms with van der Waals surface area (Å²) in [5.74, 6) is -0.299. The van der Waals surface area contributed by atoms with Crippen LogP contribution in [-0.2, 0) is 11.3 Å². The summed E-state index contributed by atoms with van der Waals surface area (Å²) in [4.78, 5) is 11.9. The predicted molar refractivity (Wildman–Crippen MR) is 79.8 cm³/mol. The highest BCUT2D eigenvalue weighted by Crippen LogP contribution is 2.18. The predicted octanol–water partition coefficient (Wildman–Crippen LogP) is 2.91. The van der Waals surface area contributed by atoms with Crippen LogP contribution in [0.2, 0.25) is 0 Å². The molecule has 2 aromatic rings. The van der Waals surface area contributed by atoms with E-state index in [0.29, 0.717) is 18.8 Å². The van der Waals surface area contributed by atoms with Gasteiger partial charge in [-0.3, -0.25) is 0 Å². The van der Waals surface area contributed by atoms with E-state index in [0.717, 1.165) is 22.4 Å². The third-order valence-electron chi connectivity index (χ3n) is 3.16. The molecule has 0 aliphatic carbocycles. The summed E-state index contributed by atoms with van der Waals surface area (Å²) in [6, 6.07) is 7.75. The number of hydrogen-bond acceptors (Lipinski definition) is 3. The standard InChI is InChI=1S/C16H20N2O2/c1-4-20-16(19)15-8-12(3)9-18(15)10-13-7-11(2)5-6-14(13)17/h5-9H,4,10,17H2,1-3H3. The Morgan fingerprint density at radius 1 is 1.25 bits per heavy atom. The molecule has 0 unspecified atom stereocenters. The van der Waals surface area contributed by atoms with Crippen LogP contribution in [-0.4, -0.2) is 17.1 Å². The molecule has 0 amide bonds. The molecule has 0 radical (unpaired) electrons. The summed E-state index contributed by atoms with van der Waals surface area (Å²) in [6.07, 6.45) is 1.94. The van der Waals surface area contributed by atoms with Crippen LogP contribution in [0, 0.1) is 13.8 Å². The Balaban J connectivity index is 2.33. The fourth-order valence-corrected chi connectivity index (χ4v) is 2.22. The molecule has 1 aromatic heterocycles. The molecule has 0 saturated carbocycles. The molecular formula is C16H20N2O2. The summed E-state index contributed by atoms with van der Waals surface area (Å²) in [5, 5.41) is 0. The van der Waals surface area contributed by atoms with Gasteiger partial charge < -0.3 is 15.0 Å². The second kappa shape index (κ2) is 5.82. The fraction of sp³-hybridized carbons (Fsp3) is 0.312. The number of carbonyl (C=O) groups excluding carboxylic acids is 1. The zero-order chi connectivity index (χ0) is 14.7. The molecule has 106 valence electrons. The molecule has 2 rings (SSSR count). The van der Waals surface area contributed by atoms with E-state index in [4.69, 9.17) is 10.5 Å². The van der Waals surface area contributed by atoms with Gasteiger partial charge >= 0.3 is 5.97 Å². The fourth-order valence-electron chi connectivity index (χ4n) is 2.22. The first-order valence-corrected chi connectivity index (χ1v) is 6.70. The molecule has 0 fully saturated rings. The molecule has 0 aliphatic heterocycles. The second-order valence-electron chi connectivity index (χ2n) is 4.95. The number of rotatable bonds is 4. The molecule has 0 atom stereocenters. The van der Waals surface area contributed by atoms with Crippen molar-refractivity contribution in [2.45, 2.75) is 27.3 Å². The van der Waals surface area contributed by atoms with Crippen LogP contribution in [0.5, 0.6) is 0 Å². The minimum Gasteiger partial charge on any atom is -0.461 e. The lowest BCUT2D eigenvalue weighted by Crippen LogP contribution is -2.13. The number of hydrogen-bond donors (Lipinski definition) is 1. The van der Waals surface area contributed by atoms with Crippen LogP contribution in [0.1, 0.15) is 34.1 Å². The van der Waals surface area contributed by atoms with Crippen LogP contribution in [0.4, 0.5) is 5.69 Å². The number of aromatic nitrogens is 1. The number of aryl methyl sites for hydroxylation is 2. The Labute approximate surface area is 119 Å². The second-order valence-corrected chi connectivity index (χ2v) is 4.95. The van der Waals surface area contributed by atoms with Crippen LogP contribution in [0.3, 0.4) is 0 Å². The van der Waals surface area contributed by atoms with Crippen LogP contribution >= 0.6 is 0 Å². The van der Waals surface area contributed by atoms with E-state index >= 15 is 0 Å². The van der Waals surface area contributed by atoms with Gasteiger partial charge in [0.05, 0.1) is 6.61 Å². The molecule has 1 heterocycles. The number of carbonyl (C=O) groups is 1. The van der Waals surface area contributed by atoms with Gasteiger partial charge in [-0.05, 0) is 44.0 Å². The third kappa shape index (κ3) is 3.02. The molecule has 0 spiro atoms. The number of nitrogens with zero attached hydrogens (tertiary/aromatic N) is 1. The van der Waals surface area contributed by atoms with Crippen LogP contribution in [0.15, 0.2) is 30.5 Å². The zero-order valence-electron chi connectivity index (χ0n) is 12.1. The van der Waals surface area contributed by atoms with Gasteiger partial charge in [0.15, 0.2) is 0 Å². The Kier molecular flexibility index (Phi) is 4.13. The highest BCUT2D eigenvalue weighted by atomic mass is 16.5. The average molecular weight is 272 g/mol. The van der Waals surface area contributed by atoms with E-state index in [9.17, 15) is 4.79 Å². The molecule has 0 bridgehead atoms. The molecule has 1 aromatic carbocycles. The zero-order valence-corrected chi connectivity index (χ0v) is 12.1. The smallest absolute Gasteiger partial charge is 0.354 e. The van der Waals surface area contributed by atoms with Gasteiger partial charge in [-0.1, -0.05) is 17.7 Å². The first-order chi connectivity index (χ1) is 9.51. The number of esters is 1. The summed E-state index contributed by atoms with van der Waals surface area (Å²) >= 11 is 0. The van der Waals surface area contributed by atoms with E-state index < -0.39 is 0 Å². The normalized spacial score (nSPS) is 10.6. The molecule has 4 heteroatoms. The number of nitrogen functional groups attached to an aromatic ring is 1. The molecule has 20 heavy (non-hydrogen) atoms. The molecular weight excluding hydrogens is 252 g/mol. The topological polar surface area (TPSA) is 57.2 Å². The van der Waals surface area contributed by atoms with Gasteiger partial charge in [0.25, 0.3) is 0 Å². The number of benzene rings is 1. The lowest BCUT2D eigenvalue weighted by atomic mass is 10.1. The minimum absolute atomic E-state index is 0.299.